The van der Waals surface area contributed by atoms with Gasteiger partial charge in [-0.05, 0) is 53.8 Å². The van der Waals surface area contributed by atoms with Gasteiger partial charge in [-0.3, -0.25) is 4.79 Å². The molecule has 4 rings (SSSR count). The van der Waals surface area contributed by atoms with Gasteiger partial charge >= 0.3 is 0 Å². The minimum atomic E-state index is 0.104. The summed E-state index contributed by atoms with van der Waals surface area (Å²) in [7, 11) is 0. The zero-order valence-electron chi connectivity index (χ0n) is 17.0. The Labute approximate surface area is 175 Å². The molecule has 30 heavy (non-hydrogen) atoms. The molecular weight excluding hydrogens is 376 g/mol. The Balaban J connectivity index is 1.61. The third-order valence-electron chi connectivity index (χ3n) is 5.11. The van der Waals surface area contributed by atoms with Gasteiger partial charge in [0.1, 0.15) is 11.5 Å². The van der Waals surface area contributed by atoms with Gasteiger partial charge in [-0.1, -0.05) is 26.0 Å². The maximum Gasteiger partial charge on any atom is 0.219 e. The smallest absolute Gasteiger partial charge is 0.219 e. The van der Waals surface area contributed by atoms with Gasteiger partial charge in [0, 0.05) is 24.2 Å². The van der Waals surface area contributed by atoms with E-state index < -0.39 is 0 Å². The highest BCUT2D eigenvalue weighted by molar-refractivity contribution is 6.00. The Bertz CT molecular complexity index is 1130. The number of rotatable bonds is 5. The number of carbonyl (C=O) groups is 1. The fourth-order valence-electron chi connectivity index (χ4n) is 3.63. The third kappa shape index (κ3) is 4.04. The number of aromatic nitrogens is 1. The highest BCUT2D eigenvalue weighted by Crippen LogP contribution is 2.41. The minimum Gasteiger partial charge on any atom is -0.492 e. The predicted molar refractivity (Wildman–Crippen MR) is 113 cm³/mol. The molecule has 2 heterocycles. The number of Topliss-reactive ketones (excluding diaryl/α,β-unsaturated/α-hetero) is 1. The molecule has 0 atom stereocenters. The number of hydrogen-bond donors (Lipinski definition) is 0. The number of carbonyl (C=O) groups excluding carboxylic acids is 1. The molecule has 5 heteroatoms. The quantitative estimate of drug-likeness (QED) is 0.573. The fraction of sp³-hybridized carbons (Fsp3) is 0.240. The van der Waals surface area contributed by atoms with Crippen LogP contribution in [0.25, 0.3) is 0 Å². The van der Waals surface area contributed by atoms with E-state index in [9.17, 15) is 4.79 Å². The second-order valence-electron chi connectivity index (χ2n) is 7.62. The molecule has 5 nitrogen and oxygen atoms in total. The summed E-state index contributed by atoms with van der Waals surface area (Å²) in [6.45, 7) is 4.51. The van der Waals surface area contributed by atoms with Crippen LogP contribution in [0, 0.1) is 11.3 Å². The molecule has 0 saturated heterocycles. The first-order valence-electron chi connectivity index (χ1n) is 10.00. The van der Waals surface area contributed by atoms with Crippen molar-refractivity contribution in [2.45, 2.75) is 32.6 Å². The number of ketones is 1. The number of benzene rings is 2. The van der Waals surface area contributed by atoms with E-state index in [1.54, 1.807) is 12.3 Å². The molecule has 0 spiro atoms. The number of hydrogen-bond acceptors (Lipinski definition) is 5. The first-order valence-corrected chi connectivity index (χ1v) is 10.00. The van der Waals surface area contributed by atoms with Gasteiger partial charge < -0.3 is 9.47 Å². The molecule has 150 valence electrons. The lowest BCUT2D eigenvalue weighted by Crippen LogP contribution is -2.17. The second-order valence-corrected chi connectivity index (χ2v) is 7.62. The maximum absolute atomic E-state index is 12.2. The standard InChI is InChI=1S/C25H22N2O3/c1-16(2)24-22(8-7-20-21(28)10-12-29-25(20)24)30-23-14-19(9-11-27-23)13-17-3-5-18(15-26)6-4-17/h3-9,11,14,16H,10,12-13H2,1-2H3. The van der Waals surface area contributed by atoms with Crippen LogP contribution in [0.15, 0.2) is 54.7 Å². The Morgan fingerprint density at radius 3 is 2.67 bits per heavy atom. The van der Waals surface area contributed by atoms with E-state index in [1.807, 2.05) is 42.5 Å². The van der Waals surface area contributed by atoms with Crippen molar-refractivity contribution in [1.82, 2.24) is 4.98 Å². The second kappa shape index (κ2) is 8.38. The molecule has 0 aliphatic carbocycles. The summed E-state index contributed by atoms with van der Waals surface area (Å²) in [4.78, 5) is 16.6. The molecule has 0 bridgehead atoms. The molecule has 2 aromatic carbocycles. The Morgan fingerprint density at radius 1 is 1.13 bits per heavy atom. The van der Waals surface area contributed by atoms with Gasteiger partial charge in [0.15, 0.2) is 5.78 Å². The van der Waals surface area contributed by atoms with E-state index in [2.05, 4.69) is 24.9 Å². The van der Waals surface area contributed by atoms with Crippen LogP contribution in [-0.2, 0) is 6.42 Å². The first-order chi connectivity index (χ1) is 14.5. The number of pyridine rings is 1. The maximum atomic E-state index is 12.2. The van der Waals surface area contributed by atoms with E-state index in [0.717, 1.165) is 16.7 Å². The van der Waals surface area contributed by atoms with Gasteiger partial charge in [0.05, 0.1) is 23.8 Å². The van der Waals surface area contributed by atoms with Crippen molar-refractivity contribution in [1.29, 1.82) is 5.26 Å². The SMILES string of the molecule is CC(C)c1c(Oc2cc(Cc3ccc(C#N)cc3)ccn2)ccc2c1OCCC2=O. The average molecular weight is 398 g/mol. The molecule has 0 amide bonds. The van der Waals surface area contributed by atoms with E-state index in [0.29, 0.717) is 48.0 Å². The summed E-state index contributed by atoms with van der Waals surface area (Å²) in [6.07, 6.45) is 2.84. The number of nitrogens with zero attached hydrogens (tertiary/aromatic N) is 2. The summed E-state index contributed by atoms with van der Waals surface area (Å²) in [5.41, 5.74) is 4.32. The predicted octanol–water partition coefficient (Wildman–Crippen LogP) is 5.42. The minimum absolute atomic E-state index is 0.104. The lowest BCUT2D eigenvalue weighted by molar-refractivity contribution is 0.0932. The van der Waals surface area contributed by atoms with Crippen molar-refractivity contribution < 1.29 is 14.3 Å². The number of ether oxygens (including phenoxy) is 2. The summed E-state index contributed by atoms with van der Waals surface area (Å²) in [5, 5.41) is 8.94. The molecule has 0 saturated carbocycles. The van der Waals surface area contributed by atoms with Gasteiger partial charge in [0.2, 0.25) is 5.88 Å². The molecule has 0 fully saturated rings. The van der Waals surface area contributed by atoms with Crippen LogP contribution >= 0.6 is 0 Å². The van der Waals surface area contributed by atoms with E-state index in [-0.39, 0.29) is 11.7 Å². The molecule has 0 unspecified atom stereocenters. The zero-order chi connectivity index (χ0) is 21.1. The molecule has 1 aromatic heterocycles. The summed E-state index contributed by atoms with van der Waals surface area (Å²) < 4.78 is 12.0. The van der Waals surface area contributed by atoms with Crippen molar-refractivity contribution in [3.8, 4) is 23.4 Å². The monoisotopic (exact) mass is 398 g/mol. The van der Waals surface area contributed by atoms with Crippen LogP contribution in [0.5, 0.6) is 17.4 Å². The molecule has 3 aromatic rings. The van der Waals surface area contributed by atoms with E-state index in [1.165, 1.54) is 0 Å². The summed E-state index contributed by atoms with van der Waals surface area (Å²) in [5.74, 6) is 2.01. The van der Waals surface area contributed by atoms with Crippen LogP contribution in [0.3, 0.4) is 0 Å². The highest BCUT2D eigenvalue weighted by atomic mass is 16.5. The van der Waals surface area contributed by atoms with Crippen molar-refractivity contribution >= 4 is 5.78 Å². The zero-order valence-corrected chi connectivity index (χ0v) is 17.0. The van der Waals surface area contributed by atoms with E-state index in [4.69, 9.17) is 14.7 Å². The average Bonchev–Trinajstić information content (AvgIpc) is 2.74. The van der Waals surface area contributed by atoms with Gasteiger partial charge in [0.25, 0.3) is 0 Å². The topological polar surface area (TPSA) is 72.2 Å². The Morgan fingerprint density at radius 2 is 1.93 bits per heavy atom. The first kappa shape index (κ1) is 19.7. The van der Waals surface area contributed by atoms with Crippen molar-refractivity contribution in [3.05, 3.63) is 82.5 Å². The summed E-state index contributed by atoms with van der Waals surface area (Å²) in [6, 6.07) is 17.1. The highest BCUT2D eigenvalue weighted by Gasteiger charge is 2.26. The van der Waals surface area contributed by atoms with Crippen LogP contribution in [0.1, 0.15) is 58.8 Å². The van der Waals surface area contributed by atoms with Crippen LogP contribution in [0.2, 0.25) is 0 Å². The fourth-order valence-corrected chi connectivity index (χ4v) is 3.63. The lowest BCUT2D eigenvalue weighted by atomic mass is 9.94. The normalized spacial score (nSPS) is 12.8. The number of nitriles is 1. The van der Waals surface area contributed by atoms with E-state index >= 15 is 0 Å². The lowest BCUT2D eigenvalue weighted by Gasteiger charge is -2.23. The molecule has 0 N–H and O–H groups in total. The van der Waals surface area contributed by atoms with Gasteiger partial charge in [-0.15, -0.1) is 0 Å². The van der Waals surface area contributed by atoms with Gasteiger partial charge in [-0.25, -0.2) is 4.98 Å². The molecule has 1 aliphatic heterocycles. The summed E-state index contributed by atoms with van der Waals surface area (Å²) >= 11 is 0. The third-order valence-corrected chi connectivity index (χ3v) is 5.11. The van der Waals surface area contributed by atoms with Crippen LogP contribution in [0.4, 0.5) is 0 Å². The Hall–Kier alpha value is -3.65. The molecule has 0 radical (unpaired) electrons. The Kier molecular flexibility index (Phi) is 5.49. The van der Waals surface area contributed by atoms with Crippen molar-refractivity contribution in [2.75, 3.05) is 6.61 Å². The van der Waals surface area contributed by atoms with Crippen molar-refractivity contribution in [2.24, 2.45) is 0 Å². The number of fused-ring (bicyclic) bond motifs is 1. The molecular formula is C25H22N2O3. The van der Waals surface area contributed by atoms with Crippen molar-refractivity contribution in [3.63, 3.8) is 0 Å². The largest absolute Gasteiger partial charge is 0.492 e. The van der Waals surface area contributed by atoms with Crippen LogP contribution < -0.4 is 9.47 Å². The van der Waals surface area contributed by atoms with Crippen LogP contribution in [-0.4, -0.2) is 17.4 Å². The molecule has 1 aliphatic rings. The van der Waals surface area contributed by atoms with Gasteiger partial charge in [-0.2, -0.15) is 5.26 Å².